The van der Waals surface area contributed by atoms with Gasteiger partial charge in [-0.05, 0) is 251 Å². The summed E-state index contributed by atoms with van der Waals surface area (Å²) < 4.78 is 50.3. The topological polar surface area (TPSA) is 632 Å². The number of amides is 2. The van der Waals surface area contributed by atoms with Gasteiger partial charge < -0.3 is 102 Å². The van der Waals surface area contributed by atoms with E-state index in [1.54, 1.807) is 217 Å². The van der Waals surface area contributed by atoms with Crippen LogP contribution < -0.4 is 56.7 Å². The number of aromatic nitrogens is 12. The molecule has 0 bridgehead atoms. The Bertz CT molecular complexity index is 5320. The zero-order chi connectivity index (χ0) is 105. The second-order valence-electron chi connectivity index (χ2n) is 38.0. The normalized spacial score (nSPS) is 11.5. The van der Waals surface area contributed by atoms with E-state index in [2.05, 4.69) is 83.4 Å². The van der Waals surface area contributed by atoms with Crippen LogP contribution in [0.3, 0.4) is 0 Å². The van der Waals surface area contributed by atoms with Gasteiger partial charge in [-0.15, -0.1) is 0 Å². The second-order valence-corrected chi connectivity index (χ2v) is 40.3. The number of nitrogens with zero attached hydrogens (tertiary/aromatic N) is 17. The summed E-state index contributed by atoms with van der Waals surface area (Å²) in [5, 5.41) is 111. The van der Waals surface area contributed by atoms with E-state index in [-0.39, 0.29) is 60.5 Å². The number of rotatable bonds is 34. The number of ether oxygens (including phenoxy) is 5. The molecule has 9 aromatic heterocycles. The monoisotopic (exact) mass is 1960 g/mol. The molecule has 2 amide bonds. The Morgan fingerprint density at radius 2 is 0.797 bits per heavy atom. The predicted molar refractivity (Wildman–Crippen MR) is 537 cm³/mol. The Hall–Kier alpha value is -11.9. The van der Waals surface area contributed by atoms with Crippen molar-refractivity contribution in [2.45, 2.75) is 280 Å². The predicted octanol–water partition coefficient (Wildman–Crippen LogP) is 14.0. The number of fused-ring (bicyclic) bond motifs is 3. The lowest BCUT2D eigenvalue weighted by Crippen LogP contribution is -2.35. The highest BCUT2D eigenvalue weighted by atomic mass is 32.2. The number of carbonyl (C=O) groups is 5. The van der Waals surface area contributed by atoms with Gasteiger partial charge in [-0.25, -0.2) is 52.7 Å². The molecule has 0 saturated heterocycles. The molecule has 774 valence electrons. The summed E-state index contributed by atoms with van der Waals surface area (Å²) >= 11 is 0. The van der Waals surface area contributed by atoms with E-state index in [1.807, 2.05) is 19.9 Å². The van der Waals surface area contributed by atoms with Crippen LogP contribution in [0.4, 0.5) is 61.6 Å². The summed E-state index contributed by atoms with van der Waals surface area (Å²) in [5.74, 6) is 2.13. The first-order chi connectivity index (χ1) is 63.0. The van der Waals surface area contributed by atoms with Gasteiger partial charge in [0.15, 0.2) is 28.5 Å². The Balaban J connectivity index is 0.00000168. The number of aromatic carboxylic acids is 1. The maximum Gasteiger partial charge on any atom is 0.415 e. The maximum atomic E-state index is 13.0. The molecular formula is C93H155N23O21S. The summed E-state index contributed by atoms with van der Waals surface area (Å²) in [4.78, 5) is 93.9. The number of nitrogens with two attached hydrogens (primary N) is 2. The first-order valence-corrected chi connectivity index (χ1v) is 46.4. The molecule has 0 saturated carbocycles. The minimum atomic E-state index is -2.67. The van der Waals surface area contributed by atoms with Crippen molar-refractivity contribution in [3.05, 3.63) is 119 Å². The van der Waals surface area contributed by atoms with E-state index in [4.69, 9.17) is 71.3 Å². The van der Waals surface area contributed by atoms with Gasteiger partial charge in [0, 0.05) is 101 Å². The summed E-state index contributed by atoms with van der Waals surface area (Å²) in [7, 11) is 6.70. The molecule has 0 aromatic carbocycles. The number of ketones is 2. The van der Waals surface area contributed by atoms with Crippen LogP contribution in [-0.4, -0.2) is 274 Å². The molecule has 17 N–H and O–H groups in total. The fourth-order valence-corrected chi connectivity index (χ4v) is 11.0. The molecule has 0 atom stereocenters. The Morgan fingerprint density at radius 3 is 1.05 bits per heavy atom. The first kappa shape index (κ1) is 126. The van der Waals surface area contributed by atoms with Crippen molar-refractivity contribution in [3.63, 3.8) is 0 Å². The van der Waals surface area contributed by atoms with Crippen LogP contribution in [0.1, 0.15) is 261 Å². The maximum absolute atomic E-state index is 13.0. The number of sulfone groups is 1. The van der Waals surface area contributed by atoms with Gasteiger partial charge in [-0.2, -0.15) is 28.8 Å². The Kier molecular flexibility index (Phi) is 52.5. The number of carbonyl (C=O) groups excluding carboxylic acids is 4. The van der Waals surface area contributed by atoms with Crippen LogP contribution in [0.15, 0.2) is 96.9 Å². The molecule has 0 aliphatic rings. The highest BCUT2D eigenvalue weighted by Crippen LogP contribution is 2.33. The van der Waals surface area contributed by atoms with Crippen LogP contribution in [0, 0.1) is 0 Å². The van der Waals surface area contributed by atoms with Crippen LogP contribution in [0.5, 0.6) is 17.6 Å². The minimum Gasteiger partial charge on any atom is -0.480 e. The number of azide groups is 1. The number of carboxylic acid groups (broad SMARTS) is 1. The standard InChI is InChI=1S/C25H34N6O5.C20H26N6O3.C19H22N6O5.C6H14O.C5H11N3O.2C5H13NO.C5H12O2.C2H6O2S.CH4/c1-24(2,3)36-23(33)30(6)20-14-19(28-17-10-9-13-26-22(17)35-7)29-21-16(15-27-31(20)21)18(32)11-8-12-25(4,5)34;1-20(2,28)9-5-8-15(27)13-12-23-26-17(21-3)11-16(25-18(13)26)24-14-7-6-10-22-19(14)29-4;1-19(2,3)30-18(28)24(4)14-9-13(22-12-7-6-8-20-16(12)29-5)23-15-11(17(26)27)10-21-25(14)15;1-4-5-6(2,3)7;1-5(2,9)3-4-7-8-6;3*1-5(2,7)3-4-6;1-5(2,3)4;/h9-10,13-15,34H,8,11-12H2,1-7H3,(H,28,29);6-7,10-12,21,28H,5,8-9H2,1-4H3,(H,24,25);6-10H,1-5H3,(H,22,23)(H,26,27);7H,4-5H2,1-3H3;9H,3-4H2,1-2H3;2*7H,3-4,6H2,1-2H3;6-7H,3-4H2,1-2H3;1-2H3;1H4. The molecule has 45 heteroatoms. The quantitative estimate of drug-likeness (QED) is 0.00771. The summed E-state index contributed by atoms with van der Waals surface area (Å²) in [6.45, 7) is 38.4. The van der Waals surface area contributed by atoms with Crippen molar-refractivity contribution in [1.29, 1.82) is 0 Å². The second kappa shape index (κ2) is 57.5. The third-order valence-corrected chi connectivity index (χ3v) is 17.5. The molecule has 9 aromatic rings. The number of anilines is 9. The number of nitrogens with one attached hydrogen (secondary N) is 4. The van der Waals surface area contributed by atoms with E-state index < -0.39 is 78.4 Å². The van der Waals surface area contributed by atoms with Gasteiger partial charge in [-0.1, -0.05) is 25.9 Å². The number of Topliss-reactive ketones (excluding diaryl/α,β-unsaturated/α-hetero) is 2. The molecule has 0 aliphatic heterocycles. The number of pyridine rings is 3. The van der Waals surface area contributed by atoms with Gasteiger partial charge >= 0.3 is 18.2 Å². The number of aliphatic hydroxyl groups excluding tert-OH is 1. The van der Waals surface area contributed by atoms with Crippen molar-refractivity contribution in [2.75, 3.05) is 112 Å². The number of carboxylic acids is 1. The van der Waals surface area contributed by atoms with Crippen molar-refractivity contribution < 1.29 is 102 Å². The van der Waals surface area contributed by atoms with E-state index in [0.29, 0.717) is 152 Å². The van der Waals surface area contributed by atoms with Crippen LogP contribution in [0.2, 0.25) is 0 Å². The van der Waals surface area contributed by atoms with E-state index in [1.165, 1.54) is 58.7 Å². The zero-order valence-corrected chi connectivity index (χ0v) is 85.9. The fourth-order valence-electron chi connectivity index (χ4n) is 11.0. The number of hydrogen-bond donors (Lipinski definition) is 15. The molecule has 0 spiro atoms. The van der Waals surface area contributed by atoms with Gasteiger partial charge in [0.1, 0.15) is 78.6 Å². The SMILES string of the molecule is C.CC(C)(O)CCN.CC(C)(O)CCN.CC(C)(O)CCN=[N+]=[N-].CC(C)(O)CCO.CCCC(C)(C)O.CNc1cc(Nc2cccnc2OC)nc2c(C(=O)CCCC(C)(C)O)cnn12.COc1ncccc1Nc1cc(N(C)C(=O)OC(C)(C)C)n2ncc(C(=O)CCCC(C)(C)O)c2n1.COc1ncccc1Nc1cc(N(C)C(=O)OC(C)(C)C)n2ncc(C(=O)O)c2n1.CS(C)(=O)=O. The van der Waals surface area contributed by atoms with Crippen molar-refractivity contribution in [1.82, 2.24) is 58.7 Å². The Labute approximate surface area is 811 Å². The average Bonchev–Trinajstić information content (AvgIpc) is 1.63. The van der Waals surface area contributed by atoms with Gasteiger partial charge in [0.2, 0.25) is 17.6 Å². The molecule has 0 radical (unpaired) electrons. The molecular weight excluding hydrogens is 1810 g/mol. The summed E-state index contributed by atoms with van der Waals surface area (Å²) in [6.07, 6.45) is 17.0. The summed E-state index contributed by atoms with van der Waals surface area (Å²) in [5.41, 5.74) is 15.2. The van der Waals surface area contributed by atoms with Crippen molar-refractivity contribution in [3.8, 4) is 17.6 Å². The molecule has 138 heavy (non-hydrogen) atoms. The van der Waals surface area contributed by atoms with Gasteiger partial charge in [0.05, 0.1) is 90.3 Å². The highest BCUT2D eigenvalue weighted by Gasteiger charge is 2.30. The third-order valence-electron chi connectivity index (χ3n) is 17.5. The van der Waals surface area contributed by atoms with Crippen LogP contribution in [0.25, 0.3) is 27.4 Å². The van der Waals surface area contributed by atoms with Gasteiger partial charge in [0.25, 0.3) is 0 Å². The average molecular weight is 1960 g/mol. The molecule has 9 heterocycles. The van der Waals surface area contributed by atoms with Crippen molar-refractivity contribution >= 4 is 108 Å². The lowest BCUT2D eigenvalue weighted by molar-refractivity contribution is 0.0512. The van der Waals surface area contributed by atoms with Crippen LogP contribution >= 0.6 is 0 Å². The summed E-state index contributed by atoms with van der Waals surface area (Å²) in [6, 6.07) is 15.5. The molecule has 44 nitrogen and oxygen atoms in total. The number of hydrogen-bond acceptors (Lipinski definition) is 36. The van der Waals surface area contributed by atoms with Gasteiger partial charge in [-0.3, -0.25) is 19.4 Å². The largest absolute Gasteiger partial charge is 0.480 e. The fraction of sp³-hybridized carbons (Fsp3) is 0.591. The third kappa shape index (κ3) is 52.1. The lowest BCUT2D eigenvalue weighted by atomic mass is 9.99. The van der Waals surface area contributed by atoms with E-state index in [0.717, 1.165) is 25.4 Å². The first-order valence-electron chi connectivity index (χ1n) is 44.1. The zero-order valence-electron chi connectivity index (χ0n) is 85.1. The van der Waals surface area contributed by atoms with Crippen molar-refractivity contribution in [2.24, 2.45) is 16.6 Å². The smallest absolute Gasteiger partial charge is 0.415 e. The lowest BCUT2D eigenvalue weighted by Gasteiger charge is -2.25. The Morgan fingerprint density at radius 1 is 0.493 bits per heavy atom. The molecule has 9 rings (SSSR count). The number of methoxy groups -OCH3 is 3. The van der Waals surface area contributed by atoms with Crippen LogP contribution in [-0.2, 0) is 19.3 Å². The minimum absolute atomic E-state index is 0. The molecule has 0 unspecified atom stereocenters. The highest BCUT2D eigenvalue weighted by molar-refractivity contribution is 7.89. The number of aliphatic hydroxyl groups is 8. The molecule has 0 fully saturated rings. The molecule has 0 aliphatic carbocycles. The van der Waals surface area contributed by atoms with E-state index >= 15 is 0 Å². The van der Waals surface area contributed by atoms with E-state index in [9.17, 15) is 47.7 Å².